The van der Waals surface area contributed by atoms with Gasteiger partial charge in [0.15, 0.2) is 0 Å². The number of unbranched alkanes of at least 4 members (excludes halogenated alkanes) is 7. The number of benzene rings is 4. The van der Waals surface area contributed by atoms with E-state index in [-0.39, 0.29) is 24.2 Å². The van der Waals surface area contributed by atoms with Crippen molar-refractivity contribution in [1.82, 2.24) is 4.90 Å². The molecule has 0 aliphatic carbocycles. The Hall–Kier alpha value is -3.31. The van der Waals surface area contributed by atoms with Crippen LogP contribution < -0.4 is 9.47 Å². The highest BCUT2D eigenvalue weighted by Crippen LogP contribution is 2.46. The highest BCUT2D eigenvalue weighted by Gasteiger charge is 2.33. The molecule has 250 valence electrons. The smallest absolute Gasteiger partial charge is 0.123 e. The molecule has 47 heavy (non-hydrogen) atoms. The van der Waals surface area contributed by atoms with Crippen molar-refractivity contribution in [2.24, 2.45) is 0 Å². The molecule has 4 aromatic carbocycles. The van der Waals surface area contributed by atoms with E-state index in [4.69, 9.17) is 14.2 Å². The number of hydrogen-bond donors (Lipinski definition) is 0. The molecule has 4 aromatic rings. The van der Waals surface area contributed by atoms with Gasteiger partial charge in [-0.15, -0.1) is 12.4 Å². The molecule has 6 rings (SSSR count). The fraction of sp³-hybridized carbons (Fsp3) is 0.429. The minimum atomic E-state index is 0. The maximum atomic E-state index is 6.45. The van der Waals surface area contributed by atoms with E-state index in [0.717, 1.165) is 57.3 Å². The van der Waals surface area contributed by atoms with Crippen LogP contribution in [0.15, 0.2) is 103 Å². The minimum Gasteiger partial charge on any atom is -0.494 e. The number of nitrogens with zero attached hydrogens (tertiary/aromatic N) is 1. The first-order valence-electron chi connectivity index (χ1n) is 17.7. The van der Waals surface area contributed by atoms with Crippen LogP contribution in [0, 0.1) is 0 Å². The Labute approximate surface area is 288 Å². The molecule has 1 saturated heterocycles. The van der Waals surface area contributed by atoms with Crippen LogP contribution in [0.3, 0.4) is 0 Å². The summed E-state index contributed by atoms with van der Waals surface area (Å²) in [7, 11) is 0. The molecule has 5 heteroatoms. The molecule has 0 saturated carbocycles. The van der Waals surface area contributed by atoms with Gasteiger partial charge in [0.1, 0.15) is 11.5 Å². The lowest BCUT2D eigenvalue weighted by Gasteiger charge is -2.35. The zero-order chi connectivity index (χ0) is 31.2. The molecule has 1 fully saturated rings. The van der Waals surface area contributed by atoms with Crippen LogP contribution in [-0.2, 0) is 11.2 Å². The lowest BCUT2D eigenvalue weighted by Crippen LogP contribution is -2.36. The summed E-state index contributed by atoms with van der Waals surface area (Å²) in [6.07, 6.45) is 11.3. The minimum absolute atomic E-state index is 0. The average molecular weight is 654 g/mol. The number of rotatable bonds is 16. The average Bonchev–Trinajstić information content (AvgIpc) is 3.11. The Kier molecular flexibility index (Phi) is 14.1. The van der Waals surface area contributed by atoms with Gasteiger partial charge in [0.25, 0.3) is 0 Å². The van der Waals surface area contributed by atoms with E-state index >= 15 is 0 Å². The molecule has 2 aliphatic rings. The molecule has 0 aromatic heterocycles. The zero-order valence-corrected chi connectivity index (χ0v) is 28.7. The van der Waals surface area contributed by atoms with Gasteiger partial charge in [0, 0.05) is 30.5 Å². The third-order valence-electron chi connectivity index (χ3n) is 9.69. The van der Waals surface area contributed by atoms with Gasteiger partial charge in [-0.25, -0.2) is 0 Å². The van der Waals surface area contributed by atoms with E-state index in [9.17, 15) is 0 Å². The summed E-state index contributed by atoms with van der Waals surface area (Å²) in [6, 6.07) is 37.2. The maximum absolute atomic E-state index is 6.45. The second-order valence-electron chi connectivity index (χ2n) is 13.0. The van der Waals surface area contributed by atoms with E-state index < -0.39 is 0 Å². The van der Waals surface area contributed by atoms with Crippen molar-refractivity contribution in [3.8, 4) is 11.5 Å². The summed E-state index contributed by atoms with van der Waals surface area (Å²) in [5.74, 6) is 2.46. The van der Waals surface area contributed by atoms with Crippen molar-refractivity contribution in [2.45, 2.75) is 69.6 Å². The fourth-order valence-corrected chi connectivity index (χ4v) is 7.08. The summed E-state index contributed by atoms with van der Waals surface area (Å²) in [5, 5.41) is 0. The molecule has 2 aliphatic heterocycles. The van der Waals surface area contributed by atoms with Crippen LogP contribution in [0.25, 0.3) is 0 Å². The summed E-state index contributed by atoms with van der Waals surface area (Å²) in [5.41, 5.74) is 6.50. The van der Waals surface area contributed by atoms with Crippen molar-refractivity contribution in [1.29, 1.82) is 0 Å². The van der Waals surface area contributed by atoms with Crippen molar-refractivity contribution in [3.05, 3.63) is 131 Å². The fourth-order valence-electron chi connectivity index (χ4n) is 7.08. The number of morpholine rings is 1. The predicted molar refractivity (Wildman–Crippen MR) is 196 cm³/mol. The number of halogens is 1. The SMILES string of the molecule is Cl.c1ccc(Cc2ccc3c(c2)OCC(c2ccccc2)C3c2ccc(OCCCCCCCCCCN3CCOCC3)cc2)cc1. The van der Waals surface area contributed by atoms with Gasteiger partial charge < -0.3 is 14.2 Å². The molecular formula is C42H52ClNO3. The summed E-state index contributed by atoms with van der Waals surface area (Å²) in [4.78, 5) is 2.55. The first kappa shape index (κ1) is 35.0. The normalized spacial score (nSPS) is 17.7. The van der Waals surface area contributed by atoms with E-state index in [1.54, 1.807) is 0 Å². The third kappa shape index (κ3) is 10.3. The number of fused-ring (bicyclic) bond motifs is 1. The van der Waals surface area contributed by atoms with Crippen molar-refractivity contribution >= 4 is 12.4 Å². The first-order chi connectivity index (χ1) is 22.8. The molecule has 0 N–H and O–H groups in total. The molecule has 2 heterocycles. The Morgan fingerprint density at radius 2 is 1.30 bits per heavy atom. The second-order valence-corrected chi connectivity index (χ2v) is 13.0. The van der Waals surface area contributed by atoms with Crippen LogP contribution in [0.5, 0.6) is 11.5 Å². The highest BCUT2D eigenvalue weighted by atomic mass is 35.5. The van der Waals surface area contributed by atoms with Gasteiger partial charge in [0.2, 0.25) is 0 Å². The van der Waals surface area contributed by atoms with E-state index in [1.807, 2.05) is 0 Å². The number of ether oxygens (including phenoxy) is 3. The van der Waals surface area contributed by atoms with Crippen LogP contribution in [0.1, 0.15) is 91.0 Å². The Balaban J connectivity index is 0.00000433. The second kappa shape index (κ2) is 18.9. The molecule has 4 nitrogen and oxygen atoms in total. The standard InChI is InChI=1S/C42H51NO3.ClH/c1(3-5-13-25-43-26-29-44-30-27-43)2-4-6-14-28-45-38-22-20-37(21-23-38)42-39-24-19-35(31-34-15-9-7-10-16-34)32-41(39)46-33-40(42)36-17-11-8-12-18-36;/h7-12,15-24,32,40,42H,1-6,13-14,25-31,33H2;1H. The molecule has 2 unspecified atom stereocenters. The molecular weight excluding hydrogens is 602 g/mol. The van der Waals surface area contributed by atoms with E-state index in [0.29, 0.717) is 6.61 Å². The van der Waals surface area contributed by atoms with Crippen LogP contribution in [0.4, 0.5) is 0 Å². The zero-order valence-electron chi connectivity index (χ0n) is 27.9. The maximum Gasteiger partial charge on any atom is 0.123 e. The first-order valence-corrected chi connectivity index (χ1v) is 17.7. The van der Waals surface area contributed by atoms with Crippen molar-refractivity contribution in [3.63, 3.8) is 0 Å². The molecule has 0 amide bonds. The molecule has 0 radical (unpaired) electrons. The van der Waals surface area contributed by atoms with Crippen LogP contribution in [0.2, 0.25) is 0 Å². The summed E-state index contributed by atoms with van der Waals surface area (Å²) < 4.78 is 18.1. The largest absolute Gasteiger partial charge is 0.494 e. The van der Waals surface area contributed by atoms with Crippen molar-refractivity contribution < 1.29 is 14.2 Å². The predicted octanol–water partition coefficient (Wildman–Crippen LogP) is 9.84. The van der Waals surface area contributed by atoms with Gasteiger partial charge in [-0.3, -0.25) is 4.90 Å². The summed E-state index contributed by atoms with van der Waals surface area (Å²) >= 11 is 0. The van der Waals surface area contributed by atoms with Crippen LogP contribution >= 0.6 is 12.4 Å². The lowest BCUT2D eigenvalue weighted by atomic mass is 9.75. The number of hydrogen-bond acceptors (Lipinski definition) is 4. The van der Waals surface area contributed by atoms with Gasteiger partial charge in [-0.05, 0) is 66.3 Å². The Morgan fingerprint density at radius 3 is 2.02 bits per heavy atom. The topological polar surface area (TPSA) is 30.9 Å². The Morgan fingerprint density at radius 1 is 0.638 bits per heavy atom. The van der Waals surface area contributed by atoms with Gasteiger partial charge in [0.05, 0.1) is 26.4 Å². The third-order valence-corrected chi connectivity index (χ3v) is 9.69. The van der Waals surface area contributed by atoms with Crippen molar-refractivity contribution in [2.75, 3.05) is 46.1 Å². The van der Waals surface area contributed by atoms with Crippen LogP contribution in [-0.4, -0.2) is 51.0 Å². The monoisotopic (exact) mass is 653 g/mol. The quantitative estimate of drug-likeness (QED) is 0.113. The Bertz CT molecular complexity index is 1440. The van der Waals surface area contributed by atoms with E-state index in [1.165, 1.54) is 79.3 Å². The molecule has 2 atom stereocenters. The lowest BCUT2D eigenvalue weighted by molar-refractivity contribution is 0.0371. The van der Waals surface area contributed by atoms with Gasteiger partial charge in [-0.1, -0.05) is 123 Å². The van der Waals surface area contributed by atoms with E-state index in [2.05, 4.69) is 108 Å². The summed E-state index contributed by atoms with van der Waals surface area (Å²) in [6.45, 7) is 6.75. The van der Waals surface area contributed by atoms with Gasteiger partial charge >= 0.3 is 0 Å². The van der Waals surface area contributed by atoms with Gasteiger partial charge in [-0.2, -0.15) is 0 Å². The molecule has 0 bridgehead atoms. The highest BCUT2D eigenvalue weighted by molar-refractivity contribution is 5.85. The molecule has 0 spiro atoms.